The van der Waals surface area contributed by atoms with Crippen molar-refractivity contribution >= 4 is 17.5 Å². The zero-order valence-corrected chi connectivity index (χ0v) is 8.29. The molecule has 0 bridgehead atoms. The van der Waals surface area contributed by atoms with Crippen LogP contribution >= 0.6 is 0 Å². The summed E-state index contributed by atoms with van der Waals surface area (Å²) in [6.07, 6.45) is 1.52. The van der Waals surface area contributed by atoms with Crippen molar-refractivity contribution in [3.63, 3.8) is 0 Å². The maximum absolute atomic E-state index is 11.1. The highest BCUT2D eigenvalue weighted by Gasteiger charge is 2.02. The second kappa shape index (κ2) is 4.45. The van der Waals surface area contributed by atoms with E-state index in [-0.39, 0.29) is 6.03 Å². The molecule has 0 saturated carbocycles. The topological polar surface area (TPSA) is 80.0 Å². The number of hydrogen-bond acceptors (Lipinski definition) is 3. The zero-order chi connectivity index (χ0) is 10.6. The number of hydrogen-bond donors (Lipinski definition) is 3. The minimum absolute atomic E-state index is 0.260. The van der Waals surface area contributed by atoms with Gasteiger partial charge in [0.1, 0.15) is 5.82 Å². The molecule has 0 aromatic carbocycles. The van der Waals surface area contributed by atoms with Gasteiger partial charge in [0.05, 0.1) is 11.9 Å². The number of pyridine rings is 1. The van der Waals surface area contributed by atoms with Gasteiger partial charge in [0.15, 0.2) is 0 Å². The number of anilines is 2. The van der Waals surface area contributed by atoms with Gasteiger partial charge >= 0.3 is 6.03 Å². The van der Waals surface area contributed by atoms with Crippen molar-refractivity contribution in [3.8, 4) is 0 Å². The third kappa shape index (κ3) is 2.62. The number of aromatic nitrogens is 1. The van der Waals surface area contributed by atoms with Gasteiger partial charge in [-0.1, -0.05) is 0 Å². The molecule has 5 nitrogen and oxygen atoms in total. The lowest BCUT2D eigenvalue weighted by molar-refractivity contribution is 0.252. The molecule has 0 unspecified atom stereocenters. The van der Waals surface area contributed by atoms with E-state index in [0.29, 0.717) is 18.1 Å². The third-order valence-electron chi connectivity index (χ3n) is 1.73. The summed E-state index contributed by atoms with van der Waals surface area (Å²) in [5, 5.41) is 5.20. The summed E-state index contributed by atoms with van der Waals surface area (Å²) in [4.78, 5) is 15.1. The lowest BCUT2D eigenvalue weighted by Gasteiger charge is -2.06. The molecule has 0 spiro atoms. The van der Waals surface area contributed by atoms with E-state index in [1.807, 2.05) is 13.8 Å². The first-order chi connectivity index (χ1) is 6.63. The number of carbonyl (C=O) groups is 1. The molecule has 1 rings (SSSR count). The summed E-state index contributed by atoms with van der Waals surface area (Å²) in [6.45, 7) is 4.29. The number of urea groups is 1. The third-order valence-corrected chi connectivity index (χ3v) is 1.73. The van der Waals surface area contributed by atoms with Crippen molar-refractivity contribution in [2.75, 3.05) is 17.6 Å². The predicted molar refractivity (Wildman–Crippen MR) is 56.1 cm³/mol. The Morgan fingerprint density at radius 2 is 2.36 bits per heavy atom. The van der Waals surface area contributed by atoms with Gasteiger partial charge in [-0.25, -0.2) is 9.78 Å². The van der Waals surface area contributed by atoms with Gasteiger partial charge < -0.3 is 11.1 Å². The van der Waals surface area contributed by atoms with Gasteiger partial charge in [0.2, 0.25) is 0 Å². The molecule has 0 radical (unpaired) electrons. The summed E-state index contributed by atoms with van der Waals surface area (Å²) in [5.41, 5.74) is 7.10. The number of nitrogens with one attached hydrogen (secondary N) is 2. The van der Waals surface area contributed by atoms with Crippen LogP contribution in [0.25, 0.3) is 0 Å². The van der Waals surface area contributed by atoms with Gasteiger partial charge in [-0.3, -0.25) is 5.32 Å². The van der Waals surface area contributed by atoms with Crippen LogP contribution in [0.5, 0.6) is 0 Å². The Bertz CT molecular complexity index is 338. The van der Waals surface area contributed by atoms with Gasteiger partial charge in [0.25, 0.3) is 0 Å². The Kier molecular flexibility index (Phi) is 3.28. The first-order valence-electron chi connectivity index (χ1n) is 4.40. The lowest BCUT2D eigenvalue weighted by atomic mass is 10.2. The van der Waals surface area contributed by atoms with Crippen molar-refractivity contribution < 1.29 is 4.79 Å². The number of amides is 2. The monoisotopic (exact) mass is 194 g/mol. The van der Waals surface area contributed by atoms with Crippen molar-refractivity contribution in [2.45, 2.75) is 13.8 Å². The van der Waals surface area contributed by atoms with Crippen molar-refractivity contribution in [1.29, 1.82) is 0 Å². The van der Waals surface area contributed by atoms with Gasteiger partial charge in [0, 0.05) is 6.54 Å². The average Bonchev–Trinajstić information content (AvgIpc) is 2.12. The molecule has 0 aliphatic rings. The van der Waals surface area contributed by atoms with E-state index in [1.165, 1.54) is 6.20 Å². The predicted octanol–water partition coefficient (Wildman–Crippen LogP) is 1.11. The molecular formula is C9H14N4O. The van der Waals surface area contributed by atoms with Crippen LogP contribution in [0, 0.1) is 6.92 Å². The second-order valence-electron chi connectivity index (χ2n) is 2.91. The lowest BCUT2D eigenvalue weighted by Crippen LogP contribution is -2.28. The van der Waals surface area contributed by atoms with Crippen molar-refractivity contribution in [2.24, 2.45) is 0 Å². The zero-order valence-electron chi connectivity index (χ0n) is 8.29. The summed E-state index contributed by atoms with van der Waals surface area (Å²) < 4.78 is 0. The Morgan fingerprint density at radius 1 is 1.64 bits per heavy atom. The molecule has 2 amide bonds. The van der Waals surface area contributed by atoms with E-state index in [9.17, 15) is 4.79 Å². The molecule has 0 aliphatic heterocycles. The van der Waals surface area contributed by atoms with Crippen LogP contribution < -0.4 is 16.4 Å². The van der Waals surface area contributed by atoms with Crippen LogP contribution in [-0.4, -0.2) is 17.6 Å². The Balaban J connectivity index is 2.68. The average molecular weight is 194 g/mol. The van der Waals surface area contributed by atoms with Crippen LogP contribution in [0.2, 0.25) is 0 Å². The Morgan fingerprint density at radius 3 is 2.93 bits per heavy atom. The van der Waals surface area contributed by atoms with Gasteiger partial charge in [-0.05, 0) is 25.5 Å². The standard InChI is InChI=1S/C9H14N4O/c1-3-11-9(14)13-8-4-6(2)7(10)5-12-8/h4-5H,3,10H2,1-2H3,(H2,11,12,13,14). The second-order valence-corrected chi connectivity index (χ2v) is 2.91. The summed E-state index contributed by atoms with van der Waals surface area (Å²) in [5.74, 6) is 0.502. The highest BCUT2D eigenvalue weighted by molar-refractivity contribution is 5.88. The molecule has 0 saturated heterocycles. The minimum Gasteiger partial charge on any atom is -0.397 e. The molecule has 1 aromatic rings. The van der Waals surface area contributed by atoms with Crippen LogP contribution in [0.1, 0.15) is 12.5 Å². The van der Waals surface area contributed by atoms with E-state index < -0.39 is 0 Å². The van der Waals surface area contributed by atoms with Crippen LogP contribution in [0.15, 0.2) is 12.3 Å². The number of aryl methyl sites for hydroxylation is 1. The Labute approximate surface area is 82.7 Å². The quantitative estimate of drug-likeness (QED) is 0.659. The largest absolute Gasteiger partial charge is 0.397 e. The normalized spacial score (nSPS) is 9.57. The van der Waals surface area contributed by atoms with Crippen molar-refractivity contribution in [3.05, 3.63) is 17.8 Å². The van der Waals surface area contributed by atoms with E-state index in [0.717, 1.165) is 5.56 Å². The molecule has 76 valence electrons. The van der Waals surface area contributed by atoms with Crippen molar-refractivity contribution in [1.82, 2.24) is 10.3 Å². The maximum atomic E-state index is 11.1. The smallest absolute Gasteiger partial charge is 0.320 e. The highest BCUT2D eigenvalue weighted by atomic mass is 16.2. The molecule has 5 heteroatoms. The number of carbonyl (C=O) groups excluding carboxylic acids is 1. The fourth-order valence-electron chi connectivity index (χ4n) is 0.956. The Hall–Kier alpha value is -1.78. The molecule has 0 atom stereocenters. The molecule has 1 heterocycles. The van der Waals surface area contributed by atoms with E-state index in [1.54, 1.807) is 6.07 Å². The van der Waals surface area contributed by atoms with Gasteiger partial charge in [-0.15, -0.1) is 0 Å². The summed E-state index contributed by atoms with van der Waals surface area (Å²) >= 11 is 0. The molecule has 14 heavy (non-hydrogen) atoms. The van der Waals surface area contributed by atoms with E-state index in [2.05, 4.69) is 15.6 Å². The van der Waals surface area contributed by atoms with Crippen LogP contribution in [0.4, 0.5) is 16.3 Å². The summed E-state index contributed by atoms with van der Waals surface area (Å²) in [6, 6.07) is 1.47. The first kappa shape index (κ1) is 10.3. The van der Waals surface area contributed by atoms with Gasteiger partial charge in [-0.2, -0.15) is 0 Å². The van der Waals surface area contributed by atoms with Crippen LogP contribution in [-0.2, 0) is 0 Å². The highest BCUT2D eigenvalue weighted by Crippen LogP contribution is 2.12. The molecule has 0 aliphatic carbocycles. The fraction of sp³-hybridized carbons (Fsp3) is 0.333. The number of nitrogens with two attached hydrogens (primary N) is 1. The van der Waals surface area contributed by atoms with E-state index >= 15 is 0 Å². The summed E-state index contributed by atoms with van der Waals surface area (Å²) in [7, 11) is 0. The fourth-order valence-corrected chi connectivity index (χ4v) is 0.956. The number of nitrogens with zero attached hydrogens (tertiary/aromatic N) is 1. The molecular weight excluding hydrogens is 180 g/mol. The maximum Gasteiger partial charge on any atom is 0.320 e. The SMILES string of the molecule is CCNC(=O)Nc1cc(C)c(N)cn1. The first-order valence-corrected chi connectivity index (χ1v) is 4.40. The molecule has 0 fully saturated rings. The molecule has 1 aromatic heterocycles. The minimum atomic E-state index is -0.260. The number of rotatable bonds is 2. The van der Waals surface area contributed by atoms with E-state index in [4.69, 9.17) is 5.73 Å². The van der Waals surface area contributed by atoms with Crippen LogP contribution in [0.3, 0.4) is 0 Å². The number of nitrogen functional groups attached to an aromatic ring is 1. The molecule has 4 N–H and O–H groups in total.